The van der Waals surface area contributed by atoms with E-state index in [9.17, 15) is 0 Å². The predicted molar refractivity (Wildman–Crippen MR) is 66.4 cm³/mol. The second-order valence-corrected chi connectivity index (χ2v) is 6.44. The number of thiophene rings is 1. The summed E-state index contributed by atoms with van der Waals surface area (Å²) in [5.41, 5.74) is 7.46. The zero-order chi connectivity index (χ0) is 9.97. The molecule has 0 spiro atoms. The molecule has 2 rings (SSSR count). The third-order valence-corrected chi connectivity index (χ3v) is 4.99. The van der Waals surface area contributed by atoms with Crippen molar-refractivity contribution in [2.45, 2.75) is 18.9 Å². The summed E-state index contributed by atoms with van der Waals surface area (Å²) in [5.74, 6) is 3.22. The van der Waals surface area contributed by atoms with Gasteiger partial charge in [-0.1, -0.05) is 11.6 Å². The van der Waals surface area contributed by atoms with Gasteiger partial charge in [0.05, 0.1) is 4.34 Å². The molecule has 1 aromatic heterocycles. The van der Waals surface area contributed by atoms with E-state index in [1.807, 2.05) is 17.8 Å². The molecule has 0 radical (unpaired) electrons. The average Bonchev–Trinajstić information content (AvgIpc) is 2.75. The molecule has 2 unspecified atom stereocenters. The molecule has 1 saturated heterocycles. The fourth-order valence-corrected chi connectivity index (χ4v) is 4.06. The van der Waals surface area contributed by atoms with Crippen LogP contribution in [0.3, 0.4) is 0 Å². The first-order valence-corrected chi connectivity index (χ1v) is 7.23. The Morgan fingerprint density at radius 1 is 1.64 bits per heavy atom. The van der Waals surface area contributed by atoms with Crippen LogP contribution in [0.1, 0.15) is 12.0 Å². The molecule has 1 aliphatic rings. The first-order valence-electron chi connectivity index (χ1n) is 4.82. The second kappa shape index (κ2) is 4.88. The highest BCUT2D eigenvalue weighted by atomic mass is 35.5. The smallest absolute Gasteiger partial charge is 0.0931 e. The fraction of sp³-hybridized carbons (Fsp3) is 0.600. The molecular formula is C10H14ClNS2. The monoisotopic (exact) mass is 247 g/mol. The van der Waals surface area contributed by atoms with Gasteiger partial charge in [0.15, 0.2) is 0 Å². The van der Waals surface area contributed by atoms with Crippen LogP contribution in [-0.2, 0) is 6.42 Å². The number of halogens is 1. The van der Waals surface area contributed by atoms with Gasteiger partial charge in [-0.05, 0) is 47.3 Å². The van der Waals surface area contributed by atoms with E-state index in [2.05, 4.69) is 5.38 Å². The second-order valence-electron chi connectivity index (χ2n) is 3.75. The van der Waals surface area contributed by atoms with Crippen molar-refractivity contribution in [2.24, 2.45) is 11.7 Å². The minimum atomic E-state index is 0.315. The SMILES string of the molecule is NC(Cc1csc(Cl)c1)C1CCSC1. The van der Waals surface area contributed by atoms with E-state index in [4.69, 9.17) is 17.3 Å². The molecule has 0 aliphatic carbocycles. The number of rotatable bonds is 3. The minimum absolute atomic E-state index is 0.315. The summed E-state index contributed by atoms with van der Waals surface area (Å²) in [6, 6.07) is 2.35. The van der Waals surface area contributed by atoms with Crippen LogP contribution in [0.15, 0.2) is 11.4 Å². The van der Waals surface area contributed by atoms with Crippen LogP contribution in [0.5, 0.6) is 0 Å². The van der Waals surface area contributed by atoms with Gasteiger partial charge >= 0.3 is 0 Å². The van der Waals surface area contributed by atoms with Crippen LogP contribution >= 0.6 is 34.7 Å². The lowest BCUT2D eigenvalue weighted by molar-refractivity contribution is 0.463. The summed E-state index contributed by atoms with van der Waals surface area (Å²) in [7, 11) is 0. The zero-order valence-electron chi connectivity index (χ0n) is 7.91. The molecule has 0 aromatic carbocycles. The lowest BCUT2D eigenvalue weighted by Crippen LogP contribution is -2.32. The van der Waals surface area contributed by atoms with Gasteiger partial charge in [0.2, 0.25) is 0 Å². The normalized spacial score (nSPS) is 24.0. The molecule has 14 heavy (non-hydrogen) atoms. The summed E-state index contributed by atoms with van der Waals surface area (Å²) in [4.78, 5) is 0. The molecule has 2 heterocycles. The summed E-state index contributed by atoms with van der Waals surface area (Å²) in [6.45, 7) is 0. The maximum atomic E-state index is 6.17. The van der Waals surface area contributed by atoms with Crippen LogP contribution in [0.25, 0.3) is 0 Å². The summed E-state index contributed by atoms with van der Waals surface area (Å²) in [6.07, 6.45) is 2.26. The minimum Gasteiger partial charge on any atom is -0.327 e. The predicted octanol–water partition coefficient (Wildman–Crippen LogP) is 3.02. The maximum absolute atomic E-state index is 6.17. The lowest BCUT2D eigenvalue weighted by Gasteiger charge is -2.17. The molecular weight excluding hydrogens is 234 g/mol. The van der Waals surface area contributed by atoms with E-state index in [-0.39, 0.29) is 0 Å². The Morgan fingerprint density at radius 3 is 3.07 bits per heavy atom. The van der Waals surface area contributed by atoms with Crippen molar-refractivity contribution in [3.63, 3.8) is 0 Å². The molecule has 2 atom stereocenters. The van der Waals surface area contributed by atoms with Gasteiger partial charge in [-0.3, -0.25) is 0 Å². The summed E-state index contributed by atoms with van der Waals surface area (Å²) >= 11 is 9.49. The third kappa shape index (κ3) is 2.66. The van der Waals surface area contributed by atoms with E-state index < -0.39 is 0 Å². The van der Waals surface area contributed by atoms with Gasteiger partial charge < -0.3 is 5.73 Å². The molecule has 4 heteroatoms. The van der Waals surface area contributed by atoms with E-state index in [0.29, 0.717) is 12.0 Å². The number of nitrogens with two attached hydrogens (primary N) is 1. The van der Waals surface area contributed by atoms with Gasteiger partial charge in [0, 0.05) is 6.04 Å². The van der Waals surface area contributed by atoms with Crippen LogP contribution in [0.4, 0.5) is 0 Å². The molecule has 0 amide bonds. The van der Waals surface area contributed by atoms with Crippen molar-refractivity contribution >= 4 is 34.7 Å². The molecule has 1 nitrogen and oxygen atoms in total. The molecule has 0 saturated carbocycles. The Morgan fingerprint density at radius 2 is 2.50 bits per heavy atom. The maximum Gasteiger partial charge on any atom is 0.0931 e. The van der Waals surface area contributed by atoms with Crippen molar-refractivity contribution in [1.29, 1.82) is 0 Å². The van der Waals surface area contributed by atoms with Crippen LogP contribution in [-0.4, -0.2) is 17.5 Å². The highest BCUT2D eigenvalue weighted by Crippen LogP contribution is 2.28. The Bertz CT molecular complexity index is 294. The third-order valence-electron chi connectivity index (χ3n) is 2.66. The standard InChI is InChI=1S/C10H14ClNS2/c11-10-4-7(5-14-10)3-9(12)8-1-2-13-6-8/h4-5,8-9H,1-3,6,12H2. The fourth-order valence-electron chi connectivity index (χ4n) is 1.78. The van der Waals surface area contributed by atoms with Crippen molar-refractivity contribution in [2.75, 3.05) is 11.5 Å². The Labute approximate surface area is 98.0 Å². The molecule has 2 N–H and O–H groups in total. The Kier molecular flexibility index (Phi) is 3.77. The highest BCUT2D eigenvalue weighted by molar-refractivity contribution is 7.99. The van der Waals surface area contributed by atoms with E-state index in [0.717, 1.165) is 10.8 Å². The highest BCUT2D eigenvalue weighted by Gasteiger charge is 2.22. The zero-order valence-corrected chi connectivity index (χ0v) is 10.3. The quantitative estimate of drug-likeness (QED) is 0.889. The van der Waals surface area contributed by atoms with Crippen LogP contribution < -0.4 is 5.73 Å². The Balaban J connectivity index is 1.90. The molecule has 1 aromatic rings. The number of hydrogen-bond acceptors (Lipinski definition) is 3. The lowest BCUT2D eigenvalue weighted by atomic mass is 9.95. The molecule has 0 bridgehead atoms. The number of hydrogen-bond donors (Lipinski definition) is 1. The van der Waals surface area contributed by atoms with Gasteiger partial charge in [-0.2, -0.15) is 11.8 Å². The number of thioether (sulfide) groups is 1. The first-order chi connectivity index (χ1) is 6.75. The van der Waals surface area contributed by atoms with Crippen LogP contribution in [0, 0.1) is 5.92 Å². The van der Waals surface area contributed by atoms with E-state index in [1.54, 1.807) is 11.3 Å². The van der Waals surface area contributed by atoms with Crippen molar-refractivity contribution < 1.29 is 0 Å². The van der Waals surface area contributed by atoms with E-state index in [1.165, 1.54) is 23.5 Å². The topological polar surface area (TPSA) is 26.0 Å². The molecule has 78 valence electrons. The molecule has 1 fully saturated rings. The van der Waals surface area contributed by atoms with Gasteiger partial charge in [0.1, 0.15) is 0 Å². The first kappa shape index (κ1) is 10.8. The Hall–Kier alpha value is 0.300. The van der Waals surface area contributed by atoms with Crippen molar-refractivity contribution in [1.82, 2.24) is 0 Å². The summed E-state index contributed by atoms with van der Waals surface area (Å²) in [5, 5.41) is 2.12. The van der Waals surface area contributed by atoms with Gasteiger partial charge in [-0.15, -0.1) is 11.3 Å². The van der Waals surface area contributed by atoms with Gasteiger partial charge in [-0.25, -0.2) is 0 Å². The van der Waals surface area contributed by atoms with Gasteiger partial charge in [0.25, 0.3) is 0 Å². The molecule has 1 aliphatic heterocycles. The van der Waals surface area contributed by atoms with Crippen LogP contribution in [0.2, 0.25) is 4.34 Å². The van der Waals surface area contributed by atoms with Crippen molar-refractivity contribution in [3.8, 4) is 0 Å². The van der Waals surface area contributed by atoms with E-state index >= 15 is 0 Å². The summed E-state index contributed by atoms with van der Waals surface area (Å²) < 4.78 is 0.869. The average molecular weight is 248 g/mol. The van der Waals surface area contributed by atoms with Crippen molar-refractivity contribution in [3.05, 3.63) is 21.3 Å². The largest absolute Gasteiger partial charge is 0.327 e.